The molecule has 0 saturated heterocycles. The Morgan fingerprint density at radius 3 is 2.70 bits per heavy atom. The summed E-state index contributed by atoms with van der Waals surface area (Å²) in [6.45, 7) is 1.59. The van der Waals surface area contributed by atoms with Gasteiger partial charge in [0.05, 0.1) is 4.90 Å². The van der Waals surface area contributed by atoms with E-state index in [1.807, 2.05) is 0 Å². The Labute approximate surface area is 124 Å². The Morgan fingerprint density at radius 1 is 1.35 bits per heavy atom. The number of hydrogen-bond acceptors (Lipinski definition) is 2. The Kier molecular flexibility index (Phi) is 5.04. The number of hydrogen-bond donors (Lipinski definition) is 1. The van der Waals surface area contributed by atoms with Crippen molar-refractivity contribution in [1.29, 1.82) is 0 Å². The fourth-order valence-electron chi connectivity index (χ4n) is 2.72. The summed E-state index contributed by atoms with van der Waals surface area (Å²) in [5.74, 6) is 0.189. The summed E-state index contributed by atoms with van der Waals surface area (Å²) in [6, 6.07) is 3.58. The van der Waals surface area contributed by atoms with Crippen molar-refractivity contribution in [3.8, 4) is 0 Å². The lowest BCUT2D eigenvalue weighted by molar-refractivity contribution is 0.314. The van der Waals surface area contributed by atoms with E-state index in [0.717, 1.165) is 25.7 Å². The van der Waals surface area contributed by atoms with Crippen molar-refractivity contribution < 1.29 is 12.8 Å². The molecule has 0 aliphatic heterocycles. The molecule has 112 valence electrons. The molecule has 0 spiro atoms. The highest BCUT2D eigenvalue weighted by molar-refractivity contribution is 7.89. The van der Waals surface area contributed by atoms with Gasteiger partial charge in [0.1, 0.15) is 5.82 Å². The molecular weight excluding hydrogens is 301 g/mol. The average Bonchev–Trinajstić information content (AvgIpc) is 2.38. The van der Waals surface area contributed by atoms with Crippen molar-refractivity contribution >= 4 is 21.6 Å². The Balaban J connectivity index is 2.22. The van der Waals surface area contributed by atoms with Crippen molar-refractivity contribution in [3.05, 3.63) is 29.6 Å². The van der Waals surface area contributed by atoms with Gasteiger partial charge < -0.3 is 0 Å². The fraction of sp³-hybridized carbons (Fsp3) is 0.571. The maximum absolute atomic E-state index is 13.1. The first-order valence-corrected chi connectivity index (χ1v) is 8.80. The summed E-state index contributed by atoms with van der Waals surface area (Å²) in [7, 11) is -3.63. The van der Waals surface area contributed by atoms with Crippen LogP contribution in [-0.2, 0) is 10.0 Å². The van der Waals surface area contributed by atoms with Gasteiger partial charge in [0.25, 0.3) is 0 Å². The van der Waals surface area contributed by atoms with Crippen LogP contribution in [0.5, 0.6) is 0 Å². The summed E-state index contributed by atoms with van der Waals surface area (Å²) in [6.07, 6.45) is 3.84. The topological polar surface area (TPSA) is 46.2 Å². The zero-order chi connectivity index (χ0) is 14.8. The van der Waals surface area contributed by atoms with Gasteiger partial charge in [-0.2, -0.15) is 0 Å². The van der Waals surface area contributed by atoms with Gasteiger partial charge in [-0.1, -0.05) is 12.8 Å². The van der Waals surface area contributed by atoms with Gasteiger partial charge in [-0.15, -0.1) is 11.6 Å². The molecule has 0 heterocycles. The maximum Gasteiger partial charge on any atom is 0.241 e. The Morgan fingerprint density at radius 2 is 2.05 bits per heavy atom. The molecule has 0 radical (unpaired) electrons. The van der Waals surface area contributed by atoms with Gasteiger partial charge in [0.2, 0.25) is 10.0 Å². The van der Waals surface area contributed by atoms with E-state index in [1.165, 1.54) is 18.2 Å². The van der Waals surface area contributed by atoms with E-state index in [2.05, 4.69) is 4.72 Å². The SMILES string of the molecule is Cc1cc(F)ccc1S(=O)(=O)NC1CCCCC1CCl. The molecule has 2 atom stereocenters. The molecule has 3 nitrogen and oxygen atoms in total. The normalized spacial score (nSPS) is 23.8. The number of halogens is 2. The summed E-state index contributed by atoms with van der Waals surface area (Å²) in [5, 5.41) is 0. The first-order valence-electron chi connectivity index (χ1n) is 6.78. The predicted octanol–water partition coefficient (Wildman–Crippen LogP) is 3.21. The van der Waals surface area contributed by atoms with E-state index in [9.17, 15) is 12.8 Å². The van der Waals surface area contributed by atoms with E-state index < -0.39 is 15.8 Å². The van der Waals surface area contributed by atoms with E-state index in [4.69, 9.17) is 11.6 Å². The van der Waals surface area contributed by atoms with Gasteiger partial charge in [0, 0.05) is 11.9 Å². The minimum atomic E-state index is -3.63. The molecule has 1 aromatic carbocycles. The zero-order valence-electron chi connectivity index (χ0n) is 11.4. The molecule has 1 aliphatic rings. The third kappa shape index (κ3) is 3.51. The molecule has 1 fully saturated rings. The highest BCUT2D eigenvalue weighted by atomic mass is 35.5. The molecule has 0 aromatic heterocycles. The van der Waals surface area contributed by atoms with Gasteiger partial charge in [0.15, 0.2) is 0 Å². The largest absolute Gasteiger partial charge is 0.241 e. The standard InChI is InChI=1S/C14H19ClFNO2S/c1-10-8-12(16)6-7-14(10)20(18,19)17-13-5-3-2-4-11(13)9-15/h6-8,11,13,17H,2-5,9H2,1H3. The minimum absolute atomic E-state index is 0.129. The minimum Gasteiger partial charge on any atom is -0.208 e. The van der Waals surface area contributed by atoms with Gasteiger partial charge in [-0.3, -0.25) is 0 Å². The van der Waals surface area contributed by atoms with Crippen molar-refractivity contribution in [2.75, 3.05) is 5.88 Å². The van der Waals surface area contributed by atoms with Crippen LogP contribution >= 0.6 is 11.6 Å². The second-order valence-corrected chi connectivity index (χ2v) is 7.33. The number of alkyl halides is 1. The zero-order valence-corrected chi connectivity index (χ0v) is 13.0. The van der Waals surface area contributed by atoms with Gasteiger partial charge >= 0.3 is 0 Å². The number of rotatable bonds is 4. The summed E-state index contributed by atoms with van der Waals surface area (Å²) in [4.78, 5) is 0.137. The van der Waals surface area contributed by atoms with Crippen LogP contribution in [0.2, 0.25) is 0 Å². The highest BCUT2D eigenvalue weighted by Gasteiger charge is 2.29. The van der Waals surface area contributed by atoms with Crippen LogP contribution < -0.4 is 4.72 Å². The molecule has 1 aromatic rings. The fourth-order valence-corrected chi connectivity index (χ4v) is 4.66. The third-order valence-electron chi connectivity index (χ3n) is 3.84. The second kappa shape index (κ2) is 6.41. The lowest BCUT2D eigenvalue weighted by atomic mass is 9.86. The van der Waals surface area contributed by atoms with E-state index in [1.54, 1.807) is 6.92 Å². The molecule has 0 amide bonds. The lowest BCUT2D eigenvalue weighted by Gasteiger charge is -2.30. The third-order valence-corrected chi connectivity index (χ3v) is 5.89. The first kappa shape index (κ1) is 15.7. The second-order valence-electron chi connectivity index (χ2n) is 5.34. The molecule has 2 rings (SSSR count). The Bertz CT molecular complexity index is 577. The molecule has 2 unspecified atom stereocenters. The molecule has 20 heavy (non-hydrogen) atoms. The van der Waals surface area contributed by atoms with E-state index in [-0.39, 0.29) is 16.9 Å². The van der Waals surface area contributed by atoms with Crippen LogP contribution in [0.15, 0.2) is 23.1 Å². The number of sulfonamides is 1. The quantitative estimate of drug-likeness (QED) is 0.866. The smallest absolute Gasteiger partial charge is 0.208 e. The molecular formula is C14H19ClFNO2S. The number of benzene rings is 1. The van der Waals surface area contributed by atoms with E-state index in [0.29, 0.717) is 11.4 Å². The van der Waals surface area contributed by atoms with Crippen LogP contribution in [0.1, 0.15) is 31.2 Å². The highest BCUT2D eigenvalue weighted by Crippen LogP contribution is 2.27. The molecule has 1 saturated carbocycles. The van der Waals surface area contributed by atoms with Crippen molar-refractivity contribution in [2.24, 2.45) is 5.92 Å². The summed E-state index contributed by atoms with van der Waals surface area (Å²) >= 11 is 5.92. The van der Waals surface area contributed by atoms with E-state index >= 15 is 0 Å². The van der Waals surface area contributed by atoms with Crippen molar-refractivity contribution in [2.45, 2.75) is 43.5 Å². The Hall–Kier alpha value is -0.650. The van der Waals surface area contributed by atoms with Crippen LogP contribution in [0.25, 0.3) is 0 Å². The first-order chi connectivity index (χ1) is 9.44. The van der Waals surface area contributed by atoms with Crippen LogP contribution in [0.3, 0.4) is 0 Å². The lowest BCUT2D eigenvalue weighted by Crippen LogP contribution is -2.42. The van der Waals surface area contributed by atoms with Gasteiger partial charge in [-0.05, 0) is 49.4 Å². The molecule has 1 N–H and O–H groups in total. The average molecular weight is 320 g/mol. The van der Waals surface area contributed by atoms with Crippen molar-refractivity contribution in [3.63, 3.8) is 0 Å². The number of aryl methyl sites for hydroxylation is 1. The van der Waals surface area contributed by atoms with Gasteiger partial charge in [-0.25, -0.2) is 17.5 Å². The number of nitrogens with one attached hydrogen (secondary N) is 1. The van der Waals surface area contributed by atoms with Crippen LogP contribution in [-0.4, -0.2) is 20.3 Å². The van der Waals surface area contributed by atoms with Crippen molar-refractivity contribution in [1.82, 2.24) is 4.72 Å². The molecule has 0 bridgehead atoms. The molecule has 6 heteroatoms. The monoisotopic (exact) mass is 319 g/mol. The molecule has 1 aliphatic carbocycles. The summed E-state index contributed by atoms with van der Waals surface area (Å²) in [5.41, 5.74) is 0.413. The van der Waals surface area contributed by atoms with Crippen LogP contribution in [0.4, 0.5) is 4.39 Å². The van der Waals surface area contributed by atoms with Crippen LogP contribution in [0, 0.1) is 18.7 Å². The predicted molar refractivity (Wildman–Crippen MR) is 77.9 cm³/mol. The maximum atomic E-state index is 13.1. The summed E-state index contributed by atoms with van der Waals surface area (Å²) < 4.78 is 40.7.